The lowest BCUT2D eigenvalue weighted by molar-refractivity contribution is -0.124. The number of aromatic nitrogens is 1. The van der Waals surface area contributed by atoms with Crippen LogP contribution in [0.3, 0.4) is 0 Å². The summed E-state index contributed by atoms with van der Waals surface area (Å²) in [7, 11) is 0. The molecule has 2 heterocycles. The van der Waals surface area contributed by atoms with Gasteiger partial charge in [-0.05, 0) is 62.0 Å². The van der Waals surface area contributed by atoms with Crippen molar-refractivity contribution >= 4 is 29.2 Å². The maximum atomic E-state index is 13.5. The molecule has 1 amide bonds. The molecule has 5 rings (SSSR count). The van der Waals surface area contributed by atoms with E-state index in [0.717, 1.165) is 48.9 Å². The molecule has 1 atom stereocenters. The normalized spacial score (nSPS) is 18.5. The molecule has 30 heavy (non-hydrogen) atoms. The van der Waals surface area contributed by atoms with Crippen molar-refractivity contribution in [2.75, 3.05) is 19.6 Å². The maximum Gasteiger partial charge on any atom is 0.231 e. The van der Waals surface area contributed by atoms with E-state index in [1.54, 1.807) is 0 Å². The number of benzene rings is 2. The molecular formula is C25H28ClN3O. The zero-order chi connectivity index (χ0) is 19.7. The number of nitrogens with zero attached hydrogens (tertiary/aromatic N) is 2. The Morgan fingerprint density at radius 1 is 1.03 bits per heavy atom. The third-order valence-corrected chi connectivity index (χ3v) is 6.47. The van der Waals surface area contributed by atoms with Gasteiger partial charge in [0.15, 0.2) is 0 Å². The van der Waals surface area contributed by atoms with Crippen LogP contribution < -0.4 is 5.32 Å². The molecule has 1 saturated heterocycles. The number of para-hydroxylation sites is 1. The molecule has 2 aliphatic rings. The SMILES string of the molecule is Cl.O=C(N[C@H](CN1CCCC1)c1ccccc1)C1(c2cnc3ccccc3c2)CC1. The lowest BCUT2D eigenvalue weighted by atomic mass is 9.94. The number of likely N-dealkylation sites (tertiary alicyclic amines) is 1. The minimum absolute atomic E-state index is 0. The lowest BCUT2D eigenvalue weighted by Crippen LogP contribution is -2.41. The average Bonchev–Trinajstić information content (AvgIpc) is 3.43. The Balaban J connectivity index is 0.00000218. The van der Waals surface area contributed by atoms with Crippen molar-refractivity contribution < 1.29 is 4.79 Å². The maximum absolute atomic E-state index is 13.5. The molecule has 1 saturated carbocycles. The predicted molar refractivity (Wildman–Crippen MR) is 123 cm³/mol. The van der Waals surface area contributed by atoms with Crippen molar-refractivity contribution in [2.24, 2.45) is 0 Å². The van der Waals surface area contributed by atoms with Crippen molar-refractivity contribution in [1.29, 1.82) is 0 Å². The second kappa shape index (κ2) is 8.75. The number of carbonyl (C=O) groups is 1. The predicted octanol–water partition coefficient (Wildman–Crippen LogP) is 4.64. The van der Waals surface area contributed by atoms with Crippen molar-refractivity contribution in [1.82, 2.24) is 15.2 Å². The molecule has 0 bridgehead atoms. The van der Waals surface area contributed by atoms with Crippen LogP contribution in [0.2, 0.25) is 0 Å². The summed E-state index contributed by atoms with van der Waals surface area (Å²) < 4.78 is 0. The van der Waals surface area contributed by atoms with Crippen LogP contribution in [0.4, 0.5) is 0 Å². The lowest BCUT2D eigenvalue weighted by Gasteiger charge is -2.27. The third kappa shape index (κ3) is 4.07. The number of halogens is 1. The second-order valence-corrected chi connectivity index (χ2v) is 8.44. The Bertz CT molecular complexity index is 1010. The van der Waals surface area contributed by atoms with Crippen molar-refractivity contribution in [3.05, 3.63) is 78.0 Å². The van der Waals surface area contributed by atoms with E-state index in [9.17, 15) is 4.79 Å². The topological polar surface area (TPSA) is 45.2 Å². The molecule has 0 unspecified atom stereocenters. The van der Waals surface area contributed by atoms with Gasteiger partial charge < -0.3 is 10.2 Å². The molecule has 2 aromatic carbocycles. The smallest absolute Gasteiger partial charge is 0.231 e. The molecule has 0 spiro atoms. The summed E-state index contributed by atoms with van der Waals surface area (Å²) in [6.07, 6.45) is 6.19. The number of nitrogens with one attached hydrogen (secondary N) is 1. The number of pyridine rings is 1. The van der Waals surface area contributed by atoms with Gasteiger partial charge in [-0.25, -0.2) is 0 Å². The van der Waals surface area contributed by atoms with Gasteiger partial charge in [0.2, 0.25) is 5.91 Å². The molecule has 0 radical (unpaired) electrons. The average molecular weight is 422 g/mol. The minimum Gasteiger partial charge on any atom is -0.347 e. The van der Waals surface area contributed by atoms with Crippen LogP contribution >= 0.6 is 12.4 Å². The van der Waals surface area contributed by atoms with Gasteiger partial charge in [0, 0.05) is 18.1 Å². The molecular weight excluding hydrogens is 394 g/mol. The Morgan fingerprint density at radius 2 is 1.73 bits per heavy atom. The largest absolute Gasteiger partial charge is 0.347 e. The highest BCUT2D eigenvalue weighted by Crippen LogP contribution is 2.49. The molecule has 4 nitrogen and oxygen atoms in total. The zero-order valence-electron chi connectivity index (χ0n) is 17.1. The number of amides is 1. The van der Waals surface area contributed by atoms with Crippen LogP contribution in [0, 0.1) is 0 Å². The standard InChI is InChI=1S/C25H27N3O.ClH/c29-24(25(12-13-25)21-16-20-10-4-5-11-22(20)26-17-21)27-23(18-28-14-6-7-15-28)19-8-2-1-3-9-19;/h1-5,8-11,16-17,23H,6-7,12-15,18H2,(H,27,29);1H/t23-;/m1./s1. The van der Waals surface area contributed by atoms with Gasteiger partial charge in [0.05, 0.1) is 17.0 Å². The van der Waals surface area contributed by atoms with E-state index in [-0.39, 0.29) is 24.4 Å². The number of fused-ring (bicyclic) bond motifs is 1. The number of carbonyl (C=O) groups excluding carboxylic acids is 1. The third-order valence-electron chi connectivity index (χ3n) is 6.47. The molecule has 3 aromatic rings. The quantitative estimate of drug-likeness (QED) is 0.630. The second-order valence-electron chi connectivity index (χ2n) is 8.44. The summed E-state index contributed by atoms with van der Waals surface area (Å²) in [6.45, 7) is 3.12. The summed E-state index contributed by atoms with van der Waals surface area (Å²) >= 11 is 0. The first kappa shape index (κ1) is 20.8. The van der Waals surface area contributed by atoms with Crippen LogP contribution in [-0.2, 0) is 10.2 Å². The molecule has 1 aliphatic carbocycles. The monoisotopic (exact) mass is 421 g/mol. The highest BCUT2D eigenvalue weighted by atomic mass is 35.5. The molecule has 2 fully saturated rings. The van der Waals surface area contributed by atoms with E-state index in [2.05, 4.69) is 51.6 Å². The van der Waals surface area contributed by atoms with E-state index in [1.807, 2.05) is 30.5 Å². The van der Waals surface area contributed by atoms with Gasteiger partial charge in [-0.2, -0.15) is 0 Å². The summed E-state index contributed by atoms with van der Waals surface area (Å²) in [5, 5.41) is 4.50. The summed E-state index contributed by atoms with van der Waals surface area (Å²) in [6, 6.07) is 20.7. The Hall–Kier alpha value is -2.43. The Kier molecular flexibility index (Phi) is 6.07. The van der Waals surface area contributed by atoms with E-state index in [1.165, 1.54) is 18.4 Å². The first-order valence-electron chi connectivity index (χ1n) is 10.7. The summed E-state index contributed by atoms with van der Waals surface area (Å²) in [5.41, 5.74) is 2.78. The van der Waals surface area contributed by atoms with Gasteiger partial charge in [0.1, 0.15) is 0 Å². The van der Waals surface area contributed by atoms with Gasteiger partial charge in [-0.1, -0.05) is 48.5 Å². The van der Waals surface area contributed by atoms with Gasteiger partial charge in [0.25, 0.3) is 0 Å². The molecule has 156 valence electrons. The van der Waals surface area contributed by atoms with Crippen LogP contribution in [-0.4, -0.2) is 35.4 Å². The molecule has 1 aliphatic heterocycles. The molecule has 5 heteroatoms. The highest BCUT2D eigenvalue weighted by Gasteiger charge is 2.52. The van der Waals surface area contributed by atoms with E-state index < -0.39 is 5.41 Å². The minimum atomic E-state index is -0.422. The zero-order valence-corrected chi connectivity index (χ0v) is 17.9. The summed E-state index contributed by atoms with van der Waals surface area (Å²) in [5.74, 6) is 0.141. The highest BCUT2D eigenvalue weighted by molar-refractivity contribution is 5.93. The fourth-order valence-corrected chi connectivity index (χ4v) is 4.54. The summed E-state index contributed by atoms with van der Waals surface area (Å²) in [4.78, 5) is 20.5. The van der Waals surface area contributed by atoms with Crippen LogP contribution in [0.1, 0.15) is 42.9 Å². The van der Waals surface area contributed by atoms with Crippen LogP contribution in [0.15, 0.2) is 66.9 Å². The fraction of sp³-hybridized carbons (Fsp3) is 0.360. The van der Waals surface area contributed by atoms with E-state index in [4.69, 9.17) is 0 Å². The first-order chi connectivity index (χ1) is 14.2. The first-order valence-corrected chi connectivity index (χ1v) is 10.7. The number of rotatable bonds is 6. The van der Waals surface area contributed by atoms with Gasteiger partial charge >= 0.3 is 0 Å². The van der Waals surface area contributed by atoms with Crippen LogP contribution in [0.25, 0.3) is 10.9 Å². The Morgan fingerprint density at radius 3 is 2.47 bits per heavy atom. The van der Waals surface area contributed by atoms with E-state index in [0.29, 0.717) is 0 Å². The fourth-order valence-electron chi connectivity index (χ4n) is 4.54. The Labute approximate surface area is 184 Å². The van der Waals surface area contributed by atoms with E-state index >= 15 is 0 Å². The van der Waals surface area contributed by atoms with Gasteiger partial charge in [-0.3, -0.25) is 9.78 Å². The van der Waals surface area contributed by atoms with Crippen molar-refractivity contribution in [3.8, 4) is 0 Å². The van der Waals surface area contributed by atoms with Crippen molar-refractivity contribution in [3.63, 3.8) is 0 Å². The number of hydrogen-bond acceptors (Lipinski definition) is 3. The van der Waals surface area contributed by atoms with Crippen molar-refractivity contribution in [2.45, 2.75) is 37.1 Å². The molecule has 1 N–H and O–H groups in total. The van der Waals surface area contributed by atoms with Crippen LogP contribution in [0.5, 0.6) is 0 Å². The molecule has 1 aromatic heterocycles. The number of hydrogen-bond donors (Lipinski definition) is 1. The van der Waals surface area contributed by atoms with Gasteiger partial charge in [-0.15, -0.1) is 12.4 Å².